The first-order valence-corrected chi connectivity index (χ1v) is 6.19. The summed E-state index contributed by atoms with van der Waals surface area (Å²) in [4.78, 5) is 0. The monoisotopic (exact) mass is 197 g/mol. The normalized spacial score (nSPS) is 33.2. The summed E-state index contributed by atoms with van der Waals surface area (Å²) in [6.45, 7) is 4.32. The van der Waals surface area contributed by atoms with Crippen LogP contribution in [-0.4, -0.2) is 25.3 Å². The molecule has 0 saturated heterocycles. The van der Waals surface area contributed by atoms with E-state index in [1.807, 2.05) is 0 Å². The lowest BCUT2D eigenvalue weighted by atomic mass is 9.89. The molecule has 0 aromatic rings. The summed E-state index contributed by atoms with van der Waals surface area (Å²) in [5.74, 6) is 0.930. The number of hydrogen-bond donors (Lipinski definition) is 1. The summed E-state index contributed by atoms with van der Waals surface area (Å²) in [5.41, 5.74) is 0. The van der Waals surface area contributed by atoms with Gasteiger partial charge in [0, 0.05) is 12.6 Å². The van der Waals surface area contributed by atoms with E-state index in [-0.39, 0.29) is 0 Å². The molecule has 0 bridgehead atoms. The van der Waals surface area contributed by atoms with Gasteiger partial charge in [-0.25, -0.2) is 0 Å². The Balaban J connectivity index is 1.47. The van der Waals surface area contributed by atoms with Crippen molar-refractivity contribution in [1.82, 2.24) is 5.32 Å². The van der Waals surface area contributed by atoms with Gasteiger partial charge in [-0.15, -0.1) is 0 Å². The van der Waals surface area contributed by atoms with Crippen LogP contribution in [0.1, 0.15) is 45.4 Å². The summed E-state index contributed by atoms with van der Waals surface area (Å²) in [5, 5.41) is 3.48. The van der Waals surface area contributed by atoms with Crippen molar-refractivity contribution in [2.24, 2.45) is 5.92 Å². The second kappa shape index (κ2) is 5.13. The zero-order valence-electron chi connectivity index (χ0n) is 9.30. The minimum Gasteiger partial charge on any atom is -0.377 e. The second-order valence-corrected chi connectivity index (χ2v) is 4.98. The molecule has 0 unspecified atom stereocenters. The Bertz CT molecular complexity index is 160. The Morgan fingerprint density at radius 3 is 2.43 bits per heavy atom. The highest BCUT2D eigenvalue weighted by atomic mass is 16.5. The van der Waals surface area contributed by atoms with Crippen molar-refractivity contribution >= 4 is 0 Å². The Hall–Kier alpha value is -0.0800. The van der Waals surface area contributed by atoms with E-state index >= 15 is 0 Å². The summed E-state index contributed by atoms with van der Waals surface area (Å²) in [7, 11) is 0. The maximum absolute atomic E-state index is 5.85. The van der Waals surface area contributed by atoms with Crippen LogP contribution < -0.4 is 5.32 Å². The lowest BCUT2D eigenvalue weighted by molar-refractivity contribution is 0.0215. The maximum Gasteiger partial charge on any atom is 0.0594 e. The van der Waals surface area contributed by atoms with Gasteiger partial charge in [-0.2, -0.15) is 0 Å². The summed E-state index contributed by atoms with van der Waals surface area (Å²) in [6, 6.07) is 0.824. The first kappa shape index (κ1) is 10.4. The highest BCUT2D eigenvalue weighted by Gasteiger charge is 2.21. The molecule has 14 heavy (non-hydrogen) atoms. The molecular weight excluding hydrogens is 174 g/mol. The SMILES string of the molecule is CC1CCC(OCCNC2CC2)CC1. The van der Waals surface area contributed by atoms with Crippen LogP contribution in [0.5, 0.6) is 0 Å². The average molecular weight is 197 g/mol. The first-order chi connectivity index (χ1) is 6.84. The van der Waals surface area contributed by atoms with Crippen LogP contribution in [0, 0.1) is 5.92 Å². The molecule has 2 fully saturated rings. The van der Waals surface area contributed by atoms with Crippen LogP contribution >= 0.6 is 0 Å². The van der Waals surface area contributed by atoms with Crippen LogP contribution in [0.3, 0.4) is 0 Å². The second-order valence-electron chi connectivity index (χ2n) is 4.98. The Kier molecular flexibility index (Phi) is 3.82. The molecular formula is C12H23NO. The van der Waals surface area contributed by atoms with E-state index < -0.39 is 0 Å². The van der Waals surface area contributed by atoms with Gasteiger partial charge in [0.2, 0.25) is 0 Å². The summed E-state index contributed by atoms with van der Waals surface area (Å²) in [6.07, 6.45) is 8.60. The largest absolute Gasteiger partial charge is 0.377 e. The topological polar surface area (TPSA) is 21.3 Å². The van der Waals surface area contributed by atoms with E-state index in [0.717, 1.165) is 25.1 Å². The summed E-state index contributed by atoms with van der Waals surface area (Å²) < 4.78 is 5.85. The number of rotatable bonds is 5. The number of nitrogens with one attached hydrogen (secondary N) is 1. The van der Waals surface area contributed by atoms with Gasteiger partial charge >= 0.3 is 0 Å². The van der Waals surface area contributed by atoms with E-state index in [1.54, 1.807) is 0 Å². The van der Waals surface area contributed by atoms with Gasteiger partial charge in [0.05, 0.1) is 12.7 Å². The van der Waals surface area contributed by atoms with E-state index in [4.69, 9.17) is 4.74 Å². The Labute approximate surface area is 87.4 Å². The van der Waals surface area contributed by atoms with Gasteiger partial charge in [-0.1, -0.05) is 6.92 Å². The minimum atomic E-state index is 0.562. The molecule has 2 saturated carbocycles. The van der Waals surface area contributed by atoms with Gasteiger partial charge in [0.1, 0.15) is 0 Å². The van der Waals surface area contributed by atoms with Gasteiger partial charge < -0.3 is 10.1 Å². The van der Waals surface area contributed by atoms with Gasteiger partial charge in [0.15, 0.2) is 0 Å². The molecule has 0 radical (unpaired) electrons. The zero-order valence-corrected chi connectivity index (χ0v) is 9.30. The van der Waals surface area contributed by atoms with Gasteiger partial charge in [-0.05, 0) is 44.4 Å². The fourth-order valence-electron chi connectivity index (χ4n) is 2.17. The smallest absolute Gasteiger partial charge is 0.0594 e. The molecule has 0 spiro atoms. The third-order valence-electron chi connectivity index (χ3n) is 3.43. The highest BCUT2D eigenvalue weighted by molar-refractivity contribution is 4.80. The van der Waals surface area contributed by atoms with E-state index in [0.29, 0.717) is 6.10 Å². The van der Waals surface area contributed by atoms with E-state index in [2.05, 4.69) is 12.2 Å². The molecule has 0 aromatic carbocycles. The Morgan fingerprint density at radius 2 is 1.79 bits per heavy atom. The van der Waals surface area contributed by atoms with Crippen molar-refractivity contribution in [2.45, 2.75) is 57.6 Å². The molecule has 2 aliphatic carbocycles. The predicted octanol–water partition coefficient (Wildman–Crippen LogP) is 2.33. The van der Waals surface area contributed by atoms with Crippen molar-refractivity contribution in [3.8, 4) is 0 Å². The molecule has 0 aromatic heterocycles. The molecule has 0 atom stereocenters. The van der Waals surface area contributed by atoms with Gasteiger partial charge in [0.25, 0.3) is 0 Å². The molecule has 2 nitrogen and oxygen atoms in total. The maximum atomic E-state index is 5.85. The van der Waals surface area contributed by atoms with Crippen molar-refractivity contribution in [1.29, 1.82) is 0 Å². The minimum absolute atomic E-state index is 0.562. The number of hydrogen-bond acceptors (Lipinski definition) is 2. The quantitative estimate of drug-likeness (QED) is 0.683. The van der Waals surface area contributed by atoms with E-state index in [9.17, 15) is 0 Å². The van der Waals surface area contributed by atoms with Crippen molar-refractivity contribution in [3.05, 3.63) is 0 Å². The summed E-state index contributed by atoms with van der Waals surface area (Å²) >= 11 is 0. The molecule has 82 valence electrons. The lowest BCUT2D eigenvalue weighted by Gasteiger charge is -2.26. The molecule has 2 aliphatic rings. The van der Waals surface area contributed by atoms with Crippen molar-refractivity contribution in [3.63, 3.8) is 0 Å². The zero-order chi connectivity index (χ0) is 9.80. The van der Waals surface area contributed by atoms with Crippen LogP contribution in [0.25, 0.3) is 0 Å². The molecule has 0 aliphatic heterocycles. The van der Waals surface area contributed by atoms with Gasteiger partial charge in [-0.3, -0.25) is 0 Å². The van der Waals surface area contributed by atoms with Crippen LogP contribution in [0.4, 0.5) is 0 Å². The van der Waals surface area contributed by atoms with Crippen molar-refractivity contribution in [2.75, 3.05) is 13.2 Å². The molecule has 0 amide bonds. The highest BCUT2D eigenvalue weighted by Crippen LogP contribution is 2.25. The van der Waals surface area contributed by atoms with Crippen LogP contribution in [0.2, 0.25) is 0 Å². The standard InChI is InChI=1S/C12H23NO/c1-10-2-6-12(7-3-10)14-9-8-13-11-4-5-11/h10-13H,2-9H2,1H3. The van der Waals surface area contributed by atoms with Crippen LogP contribution in [-0.2, 0) is 4.74 Å². The fourth-order valence-corrected chi connectivity index (χ4v) is 2.17. The predicted molar refractivity (Wildman–Crippen MR) is 58.4 cm³/mol. The average Bonchev–Trinajstić information content (AvgIpc) is 2.99. The molecule has 1 N–H and O–H groups in total. The first-order valence-electron chi connectivity index (χ1n) is 6.19. The Morgan fingerprint density at radius 1 is 1.07 bits per heavy atom. The third-order valence-corrected chi connectivity index (χ3v) is 3.43. The molecule has 2 rings (SSSR count). The molecule has 2 heteroatoms. The van der Waals surface area contributed by atoms with E-state index in [1.165, 1.54) is 38.5 Å². The third kappa shape index (κ3) is 3.58. The molecule has 0 heterocycles. The number of ether oxygens (including phenoxy) is 1. The van der Waals surface area contributed by atoms with Crippen molar-refractivity contribution < 1.29 is 4.74 Å². The lowest BCUT2D eigenvalue weighted by Crippen LogP contribution is -2.26. The van der Waals surface area contributed by atoms with Crippen LogP contribution in [0.15, 0.2) is 0 Å². The fraction of sp³-hybridized carbons (Fsp3) is 1.00.